The highest BCUT2D eigenvalue weighted by molar-refractivity contribution is 6.11. The summed E-state index contributed by atoms with van der Waals surface area (Å²) in [5.74, 6) is 0.265. The smallest absolute Gasteiger partial charge is 0.274 e. The molecular formula is C21H18N2O2. The second-order valence-electron chi connectivity index (χ2n) is 5.44. The summed E-state index contributed by atoms with van der Waals surface area (Å²) in [6.45, 7) is 1.74. The molecule has 0 spiro atoms. The highest BCUT2D eigenvalue weighted by Gasteiger charge is 2.10. The van der Waals surface area contributed by atoms with Gasteiger partial charge in [0.15, 0.2) is 0 Å². The lowest BCUT2D eigenvalue weighted by Crippen LogP contribution is -2.19. The molecule has 4 nitrogen and oxygen atoms in total. The van der Waals surface area contributed by atoms with E-state index in [0.29, 0.717) is 17.0 Å². The van der Waals surface area contributed by atoms with E-state index in [1.807, 2.05) is 72.8 Å². The molecule has 0 aliphatic carbocycles. The van der Waals surface area contributed by atoms with Crippen molar-refractivity contribution in [2.45, 2.75) is 6.92 Å². The minimum Gasteiger partial charge on any atom is -0.469 e. The highest BCUT2D eigenvalue weighted by Crippen LogP contribution is 2.09. The number of carbonyl (C=O) groups is 1. The Bertz CT molecular complexity index is 894. The fraction of sp³-hybridized carbons (Fsp3) is 0.0476. The lowest BCUT2D eigenvalue weighted by molar-refractivity contribution is 0.0953. The Morgan fingerprint density at radius 1 is 1.00 bits per heavy atom. The van der Waals surface area contributed by atoms with Crippen molar-refractivity contribution in [3.05, 3.63) is 102 Å². The van der Waals surface area contributed by atoms with E-state index < -0.39 is 0 Å². The monoisotopic (exact) mass is 330 g/mol. The summed E-state index contributed by atoms with van der Waals surface area (Å²) >= 11 is 0. The normalized spacial score (nSPS) is 11.6. The van der Waals surface area contributed by atoms with Crippen LogP contribution in [0.25, 0.3) is 6.08 Å². The van der Waals surface area contributed by atoms with Crippen LogP contribution in [-0.4, -0.2) is 11.6 Å². The summed E-state index contributed by atoms with van der Waals surface area (Å²) in [4.78, 5) is 12.2. The Labute approximate surface area is 146 Å². The van der Waals surface area contributed by atoms with E-state index in [1.165, 1.54) is 6.26 Å². The molecule has 0 fully saturated rings. The van der Waals surface area contributed by atoms with E-state index in [1.54, 1.807) is 13.0 Å². The number of carbonyl (C=O) groups excluding carboxylic acids is 1. The molecule has 0 aliphatic heterocycles. The molecule has 0 unspecified atom stereocenters. The summed E-state index contributed by atoms with van der Waals surface area (Å²) in [5.41, 5.74) is 5.71. The summed E-state index contributed by atoms with van der Waals surface area (Å²) in [6, 6.07) is 21.3. The SMILES string of the molecule is Cc1occc1C(=O)NN=C(C=Cc1ccccc1)c1ccccc1. The van der Waals surface area contributed by atoms with Crippen molar-refractivity contribution in [2.75, 3.05) is 0 Å². The molecule has 25 heavy (non-hydrogen) atoms. The van der Waals surface area contributed by atoms with Gasteiger partial charge >= 0.3 is 0 Å². The summed E-state index contributed by atoms with van der Waals surface area (Å²) in [7, 11) is 0. The maximum atomic E-state index is 12.2. The van der Waals surface area contributed by atoms with E-state index in [0.717, 1.165) is 11.1 Å². The van der Waals surface area contributed by atoms with Crippen LogP contribution in [0.3, 0.4) is 0 Å². The van der Waals surface area contributed by atoms with Crippen LogP contribution < -0.4 is 5.43 Å². The van der Waals surface area contributed by atoms with Gasteiger partial charge in [-0.2, -0.15) is 5.10 Å². The largest absolute Gasteiger partial charge is 0.469 e. The number of furan rings is 1. The summed E-state index contributed by atoms with van der Waals surface area (Å²) < 4.78 is 5.16. The Balaban J connectivity index is 1.85. The van der Waals surface area contributed by atoms with Crippen LogP contribution in [0.1, 0.15) is 27.2 Å². The van der Waals surface area contributed by atoms with Crippen molar-refractivity contribution >= 4 is 17.7 Å². The number of aryl methyl sites for hydroxylation is 1. The Hall–Kier alpha value is -3.40. The molecule has 4 heteroatoms. The molecule has 1 heterocycles. The second-order valence-corrected chi connectivity index (χ2v) is 5.44. The van der Waals surface area contributed by atoms with E-state index in [9.17, 15) is 4.79 Å². The van der Waals surface area contributed by atoms with Crippen LogP contribution in [0.2, 0.25) is 0 Å². The number of allylic oxidation sites excluding steroid dienone is 1. The molecule has 3 rings (SSSR count). The molecule has 0 aliphatic rings. The first-order chi connectivity index (χ1) is 12.2. The molecule has 0 saturated heterocycles. The first-order valence-corrected chi connectivity index (χ1v) is 7.95. The number of hydrazone groups is 1. The van der Waals surface area contributed by atoms with Gasteiger partial charge in [-0.15, -0.1) is 0 Å². The predicted molar refractivity (Wildman–Crippen MR) is 99.4 cm³/mol. The van der Waals surface area contributed by atoms with Gasteiger partial charge < -0.3 is 4.42 Å². The quantitative estimate of drug-likeness (QED) is 0.555. The van der Waals surface area contributed by atoms with Gasteiger partial charge in [0.1, 0.15) is 5.76 Å². The lowest BCUT2D eigenvalue weighted by atomic mass is 10.1. The maximum Gasteiger partial charge on any atom is 0.274 e. The third-order valence-electron chi connectivity index (χ3n) is 3.68. The van der Waals surface area contributed by atoms with Gasteiger partial charge in [-0.3, -0.25) is 4.79 Å². The fourth-order valence-corrected chi connectivity index (χ4v) is 2.34. The third-order valence-corrected chi connectivity index (χ3v) is 3.68. The van der Waals surface area contributed by atoms with Crippen molar-refractivity contribution in [3.63, 3.8) is 0 Å². The van der Waals surface area contributed by atoms with Crippen molar-refractivity contribution in [1.29, 1.82) is 0 Å². The zero-order valence-electron chi connectivity index (χ0n) is 13.8. The maximum absolute atomic E-state index is 12.2. The minimum absolute atomic E-state index is 0.298. The average Bonchev–Trinajstić information content (AvgIpc) is 3.09. The Morgan fingerprint density at radius 2 is 1.68 bits per heavy atom. The van der Waals surface area contributed by atoms with Gasteiger partial charge in [0.25, 0.3) is 5.91 Å². The molecule has 0 atom stereocenters. The number of hydrogen-bond acceptors (Lipinski definition) is 3. The van der Waals surface area contributed by atoms with Gasteiger partial charge in [-0.25, -0.2) is 5.43 Å². The van der Waals surface area contributed by atoms with Crippen LogP contribution in [-0.2, 0) is 0 Å². The van der Waals surface area contributed by atoms with Crippen molar-refractivity contribution < 1.29 is 9.21 Å². The summed E-state index contributed by atoms with van der Waals surface area (Å²) in [6.07, 6.45) is 5.33. The highest BCUT2D eigenvalue weighted by atomic mass is 16.3. The zero-order chi connectivity index (χ0) is 17.5. The van der Waals surface area contributed by atoms with Crippen molar-refractivity contribution in [3.8, 4) is 0 Å². The first-order valence-electron chi connectivity index (χ1n) is 7.95. The van der Waals surface area contributed by atoms with Crippen molar-refractivity contribution in [1.82, 2.24) is 5.43 Å². The number of nitrogens with zero attached hydrogens (tertiary/aromatic N) is 1. The summed E-state index contributed by atoms with van der Waals surface area (Å²) in [5, 5.41) is 4.29. The zero-order valence-corrected chi connectivity index (χ0v) is 13.8. The molecule has 1 aromatic heterocycles. The van der Waals surface area contributed by atoms with Crippen LogP contribution in [0.5, 0.6) is 0 Å². The topological polar surface area (TPSA) is 54.6 Å². The fourth-order valence-electron chi connectivity index (χ4n) is 2.34. The molecule has 1 N–H and O–H groups in total. The molecular weight excluding hydrogens is 312 g/mol. The first kappa shape index (κ1) is 16.5. The lowest BCUT2D eigenvalue weighted by Gasteiger charge is -2.04. The van der Waals surface area contributed by atoms with Crippen molar-refractivity contribution in [2.24, 2.45) is 5.10 Å². The Morgan fingerprint density at radius 3 is 2.32 bits per heavy atom. The molecule has 124 valence electrons. The number of benzene rings is 2. The number of rotatable bonds is 5. The van der Waals surface area contributed by atoms with E-state index in [2.05, 4.69) is 10.5 Å². The average molecular weight is 330 g/mol. The van der Waals surface area contributed by atoms with Gasteiger partial charge in [0, 0.05) is 5.56 Å². The van der Waals surface area contributed by atoms with Crippen LogP contribution in [0.4, 0.5) is 0 Å². The molecule has 0 radical (unpaired) electrons. The standard InChI is InChI=1S/C21H18N2O2/c1-16-19(14-15-25-16)21(24)23-22-20(18-10-6-3-7-11-18)13-12-17-8-4-2-5-9-17/h2-15H,1H3,(H,23,24). The number of amides is 1. The molecule has 0 saturated carbocycles. The van der Waals surface area contributed by atoms with E-state index >= 15 is 0 Å². The molecule has 3 aromatic rings. The molecule has 1 amide bonds. The van der Waals surface area contributed by atoms with Gasteiger partial charge in [0.2, 0.25) is 0 Å². The minimum atomic E-state index is -0.298. The van der Waals surface area contributed by atoms with Crippen LogP contribution in [0.15, 0.2) is 88.6 Å². The van der Waals surface area contributed by atoms with E-state index in [-0.39, 0.29) is 5.91 Å². The van der Waals surface area contributed by atoms with E-state index in [4.69, 9.17) is 4.42 Å². The number of nitrogens with one attached hydrogen (secondary N) is 1. The van der Waals surface area contributed by atoms with Gasteiger partial charge in [-0.1, -0.05) is 66.7 Å². The van der Waals surface area contributed by atoms with Gasteiger partial charge in [-0.05, 0) is 24.6 Å². The molecule has 2 aromatic carbocycles. The van der Waals surface area contributed by atoms with Gasteiger partial charge in [0.05, 0.1) is 17.5 Å². The number of hydrogen-bond donors (Lipinski definition) is 1. The molecule has 0 bridgehead atoms. The third kappa shape index (κ3) is 4.32. The predicted octanol–water partition coefficient (Wildman–Crippen LogP) is 4.44. The van der Waals surface area contributed by atoms with Crippen LogP contribution in [0, 0.1) is 6.92 Å². The second kappa shape index (κ2) is 7.93. The Kier molecular flexibility index (Phi) is 5.22. The van der Waals surface area contributed by atoms with Crippen LogP contribution >= 0.6 is 0 Å².